The summed E-state index contributed by atoms with van der Waals surface area (Å²) in [6.45, 7) is 3.93. The van der Waals surface area contributed by atoms with Crippen LogP contribution in [0, 0.1) is 0 Å². The molecular weight excluding hydrogens is 332 g/mol. The van der Waals surface area contributed by atoms with Crippen LogP contribution in [-0.2, 0) is 19.1 Å². The zero-order valence-electron chi connectivity index (χ0n) is 15.4. The van der Waals surface area contributed by atoms with E-state index in [9.17, 15) is 9.59 Å². The number of fused-ring (bicyclic) bond motifs is 1. The first-order chi connectivity index (χ1) is 12.6. The number of hydrogen-bond donors (Lipinski definition) is 0. The van der Waals surface area contributed by atoms with Gasteiger partial charge in [0, 0.05) is 33.3 Å². The quantitative estimate of drug-likeness (QED) is 0.732. The molecule has 0 radical (unpaired) electrons. The second-order valence-corrected chi connectivity index (χ2v) is 6.70. The van der Waals surface area contributed by atoms with E-state index in [1.807, 2.05) is 35.2 Å². The number of benzene rings is 1. The first-order valence-corrected chi connectivity index (χ1v) is 9.04. The third-order valence-electron chi connectivity index (χ3n) is 4.98. The molecule has 1 fully saturated rings. The normalized spacial score (nSPS) is 21.8. The van der Waals surface area contributed by atoms with Crippen LogP contribution >= 0.6 is 0 Å². The summed E-state index contributed by atoms with van der Waals surface area (Å²) in [5.74, 6) is -0.0000509. The van der Waals surface area contributed by atoms with Gasteiger partial charge < -0.3 is 19.3 Å². The molecule has 0 bridgehead atoms. The average Bonchev–Trinajstić information content (AvgIpc) is 3.11. The second-order valence-electron chi connectivity index (χ2n) is 6.70. The fourth-order valence-electron chi connectivity index (χ4n) is 3.60. The molecule has 140 valence electrons. The van der Waals surface area contributed by atoms with Crippen LogP contribution in [0.4, 0.5) is 0 Å². The number of likely N-dealkylation sites (tertiary alicyclic amines) is 1. The summed E-state index contributed by atoms with van der Waals surface area (Å²) in [5.41, 5.74) is 2.08. The molecule has 2 aliphatic heterocycles. The highest BCUT2D eigenvalue weighted by Gasteiger charge is 2.32. The Kier molecular flexibility index (Phi) is 6.06. The maximum atomic E-state index is 12.9. The van der Waals surface area contributed by atoms with E-state index in [0.717, 1.165) is 17.5 Å². The van der Waals surface area contributed by atoms with E-state index in [1.54, 1.807) is 18.2 Å². The molecular formula is C20H26N2O4. The maximum Gasteiger partial charge on any atom is 0.225 e. The first-order valence-electron chi connectivity index (χ1n) is 9.04. The Labute approximate surface area is 154 Å². The van der Waals surface area contributed by atoms with Crippen molar-refractivity contribution in [2.75, 3.05) is 33.4 Å². The van der Waals surface area contributed by atoms with Crippen molar-refractivity contribution in [2.45, 2.75) is 31.9 Å². The summed E-state index contributed by atoms with van der Waals surface area (Å²) in [7, 11) is 1.64. The van der Waals surface area contributed by atoms with Gasteiger partial charge >= 0.3 is 0 Å². The van der Waals surface area contributed by atoms with Crippen molar-refractivity contribution in [3.05, 3.63) is 41.6 Å². The van der Waals surface area contributed by atoms with Crippen molar-refractivity contribution in [2.24, 2.45) is 0 Å². The third-order valence-corrected chi connectivity index (χ3v) is 4.98. The summed E-state index contributed by atoms with van der Waals surface area (Å²) < 4.78 is 10.7. The molecule has 0 aromatic heterocycles. The minimum absolute atomic E-state index is 0.0594. The molecule has 6 nitrogen and oxygen atoms in total. The van der Waals surface area contributed by atoms with E-state index in [0.29, 0.717) is 26.3 Å². The molecule has 1 aromatic carbocycles. The van der Waals surface area contributed by atoms with E-state index in [1.165, 1.54) is 6.92 Å². The fraction of sp³-hybridized carbons (Fsp3) is 0.500. The Morgan fingerprint density at radius 2 is 2.04 bits per heavy atom. The predicted octanol–water partition coefficient (Wildman–Crippen LogP) is 2.21. The number of rotatable bonds is 6. The summed E-state index contributed by atoms with van der Waals surface area (Å²) in [6, 6.07) is 7.66. The topological polar surface area (TPSA) is 59.1 Å². The van der Waals surface area contributed by atoms with Gasteiger partial charge in [-0.05, 0) is 23.6 Å². The highest BCUT2D eigenvalue weighted by atomic mass is 16.5. The highest BCUT2D eigenvalue weighted by molar-refractivity contribution is 5.82. The van der Waals surface area contributed by atoms with Crippen LogP contribution in [0.3, 0.4) is 0 Å². The Balaban J connectivity index is 1.66. The molecule has 2 heterocycles. The monoisotopic (exact) mass is 358 g/mol. The largest absolute Gasteiger partial charge is 0.382 e. The van der Waals surface area contributed by atoms with Gasteiger partial charge in [0.2, 0.25) is 11.8 Å². The number of carbonyl (C=O) groups is 2. The van der Waals surface area contributed by atoms with Crippen molar-refractivity contribution in [3.8, 4) is 0 Å². The number of amides is 2. The second kappa shape index (κ2) is 8.47. The molecule has 0 aliphatic carbocycles. The van der Waals surface area contributed by atoms with Crippen molar-refractivity contribution in [3.63, 3.8) is 0 Å². The molecule has 3 rings (SSSR count). The van der Waals surface area contributed by atoms with Crippen molar-refractivity contribution in [1.82, 2.24) is 9.80 Å². The summed E-state index contributed by atoms with van der Waals surface area (Å²) in [5, 5.41) is 0. The van der Waals surface area contributed by atoms with Crippen molar-refractivity contribution < 1.29 is 19.1 Å². The molecule has 0 saturated carbocycles. The Bertz CT molecular complexity index is 688. The zero-order chi connectivity index (χ0) is 18.5. The number of hydrogen-bond acceptors (Lipinski definition) is 4. The molecule has 2 unspecified atom stereocenters. The minimum Gasteiger partial charge on any atom is -0.382 e. The van der Waals surface area contributed by atoms with Crippen LogP contribution in [0.2, 0.25) is 0 Å². The summed E-state index contributed by atoms with van der Waals surface area (Å²) in [6.07, 6.45) is 4.89. The van der Waals surface area contributed by atoms with Gasteiger partial charge in [0.1, 0.15) is 0 Å². The lowest BCUT2D eigenvalue weighted by atomic mass is 9.93. The highest BCUT2D eigenvalue weighted by Crippen LogP contribution is 2.33. The number of methoxy groups -OCH3 is 1. The number of ether oxygens (including phenoxy) is 2. The zero-order valence-corrected chi connectivity index (χ0v) is 15.4. The van der Waals surface area contributed by atoms with Crippen LogP contribution in [0.5, 0.6) is 0 Å². The molecule has 2 atom stereocenters. The maximum absolute atomic E-state index is 12.9. The van der Waals surface area contributed by atoms with Crippen molar-refractivity contribution >= 4 is 17.9 Å². The molecule has 6 heteroatoms. The van der Waals surface area contributed by atoms with Crippen molar-refractivity contribution in [1.29, 1.82) is 0 Å². The standard InChI is InChI=1S/C20H26N2O4/c1-15(23)22-10-7-16-5-3-4-6-18(16)19(22)13-20(24)21-9-8-17(14-21)26-12-11-25-2/h3-7,10,17,19H,8-9,11-14H2,1-2H3. The lowest BCUT2D eigenvalue weighted by molar-refractivity contribution is -0.134. The molecule has 1 saturated heterocycles. The molecule has 0 spiro atoms. The van der Waals surface area contributed by atoms with Crippen LogP contribution < -0.4 is 0 Å². The molecule has 2 amide bonds. The van der Waals surface area contributed by atoms with Crippen LogP contribution in [-0.4, -0.2) is 61.1 Å². The fourth-order valence-corrected chi connectivity index (χ4v) is 3.60. The first kappa shape index (κ1) is 18.6. The average molecular weight is 358 g/mol. The van der Waals surface area contributed by atoms with Gasteiger partial charge in [-0.15, -0.1) is 0 Å². The molecule has 0 N–H and O–H groups in total. The van der Waals surface area contributed by atoms with E-state index < -0.39 is 0 Å². The molecule has 26 heavy (non-hydrogen) atoms. The minimum atomic E-state index is -0.255. The van der Waals surface area contributed by atoms with Gasteiger partial charge in [-0.1, -0.05) is 24.3 Å². The van der Waals surface area contributed by atoms with Gasteiger partial charge in [-0.25, -0.2) is 0 Å². The molecule has 1 aromatic rings. The number of nitrogens with zero attached hydrogens (tertiary/aromatic N) is 2. The van der Waals surface area contributed by atoms with Gasteiger partial charge in [0.05, 0.1) is 31.8 Å². The van der Waals surface area contributed by atoms with E-state index >= 15 is 0 Å². The smallest absolute Gasteiger partial charge is 0.225 e. The Morgan fingerprint density at radius 3 is 2.81 bits per heavy atom. The van der Waals surface area contributed by atoms with Gasteiger partial charge in [-0.3, -0.25) is 9.59 Å². The SMILES string of the molecule is COCCOC1CCN(C(=O)CC2c3ccccc3C=CN2C(C)=O)C1. The van der Waals surface area contributed by atoms with E-state index in [2.05, 4.69) is 0 Å². The van der Waals surface area contributed by atoms with Gasteiger partial charge in [0.15, 0.2) is 0 Å². The third kappa shape index (κ3) is 4.14. The van der Waals surface area contributed by atoms with E-state index in [-0.39, 0.29) is 30.4 Å². The molecule has 2 aliphatic rings. The lowest BCUT2D eigenvalue weighted by Crippen LogP contribution is -2.37. The Hall–Kier alpha value is -2.18. The van der Waals surface area contributed by atoms with Crippen LogP contribution in [0.1, 0.15) is 36.9 Å². The summed E-state index contributed by atoms with van der Waals surface area (Å²) >= 11 is 0. The summed E-state index contributed by atoms with van der Waals surface area (Å²) in [4.78, 5) is 28.4. The Morgan fingerprint density at radius 1 is 1.23 bits per heavy atom. The van der Waals surface area contributed by atoms with Gasteiger partial charge in [-0.2, -0.15) is 0 Å². The van der Waals surface area contributed by atoms with Gasteiger partial charge in [0.25, 0.3) is 0 Å². The number of carbonyl (C=O) groups excluding carboxylic acids is 2. The van der Waals surface area contributed by atoms with Crippen LogP contribution in [0.15, 0.2) is 30.5 Å². The lowest BCUT2D eigenvalue weighted by Gasteiger charge is -2.33. The predicted molar refractivity (Wildman–Crippen MR) is 98.2 cm³/mol. The van der Waals surface area contributed by atoms with Crippen LogP contribution in [0.25, 0.3) is 6.08 Å². The van der Waals surface area contributed by atoms with E-state index in [4.69, 9.17) is 9.47 Å².